The highest BCUT2D eigenvalue weighted by Gasteiger charge is 2.17. The van der Waals surface area contributed by atoms with E-state index >= 15 is 0 Å². The van der Waals surface area contributed by atoms with E-state index in [0.29, 0.717) is 16.1 Å². The molecule has 3 N–H and O–H groups in total. The van der Waals surface area contributed by atoms with Gasteiger partial charge in [0.1, 0.15) is 9.88 Å². The summed E-state index contributed by atoms with van der Waals surface area (Å²) in [4.78, 5) is 41.2. The van der Waals surface area contributed by atoms with Crippen molar-refractivity contribution >= 4 is 45.0 Å². The van der Waals surface area contributed by atoms with Crippen LogP contribution in [0.2, 0.25) is 0 Å². The van der Waals surface area contributed by atoms with Crippen LogP contribution in [0.3, 0.4) is 0 Å². The Morgan fingerprint density at radius 2 is 1.76 bits per heavy atom. The highest BCUT2D eigenvalue weighted by molar-refractivity contribution is 9.10. The number of thiazole rings is 1. The lowest BCUT2D eigenvalue weighted by molar-refractivity contribution is -0.120. The normalized spacial score (nSPS) is 10.3. The summed E-state index contributed by atoms with van der Waals surface area (Å²) in [5.74, 6) is -1.40. The van der Waals surface area contributed by atoms with Gasteiger partial charge in [0.2, 0.25) is 0 Å². The number of nitrogens with zero attached hydrogens (tertiary/aromatic N) is 1. The summed E-state index contributed by atoms with van der Waals surface area (Å²) in [5.41, 5.74) is 6.55. The minimum absolute atomic E-state index is 0.275. The predicted octanol–water partition coefficient (Wildman–Crippen LogP) is 3.07. The lowest BCUT2D eigenvalue weighted by Gasteiger charge is -2.08. The molecular weight excluding hydrogens is 456 g/mol. The molecule has 0 aliphatic heterocycles. The molecule has 0 saturated heterocycles. The van der Waals surface area contributed by atoms with Crippen molar-refractivity contribution in [3.63, 3.8) is 0 Å². The summed E-state index contributed by atoms with van der Waals surface area (Å²) in [6.45, 7) is 1.46. The summed E-state index contributed by atoms with van der Waals surface area (Å²) in [7, 11) is 0. The van der Waals surface area contributed by atoms with Gasteiger partial charge in [-0.25, -0.2) is 4.98 Å². The summed E-state index contributed by atoms with van der Waals surface area (Å²) in [6, 6.07) is 16.3. The maximum Gasteiger partial charge on any atom is 0.281 e. The first-order valence-corrected chi connectivity index (χ1v) is 10.2. The van der Waals surface area contributed by atoms with Crippen molar-refractivity contribution in [3.8, 4) is 10.6 Å². The third-order valence-corrected chi connectivity index (χ3v) is 5.53. The van der Waals surface area contributed by atoms with E-state index in [4.69, 9.17) is 0 Å². The summed E-state index contributed by atoms with van der Waals surface area (Å²) in [5, 5.41) is 3.22. The van der Waals surface area contributed by atoms with Crippen molar-refractivity contribution in [2.45, 2.75) is 6.92 Å². The first-order valence-electron chi connectivity index (χ1n) is 8.60. The number of carbonyl (C=O) groups is 3. The van der Waals surface area contributed by atoms with E-state index in [9.17, 15) is 14.4 Å². The van der Waals surface area contributed by atoms with Crippen LogP contribution in [0, 0.1) is 6.92 Å². The minimum Gasteiger partial charge on any atom is -0.343 e. The average Bonchev–Trinajstić information content (AvgIpc) is 3.12. The van der Waals surface area contributed by atoms with Gasteiger partial charge in [0, 0.05) is 15.6 Å². The van der Waals surface area contributed by atoms with Gasteiger partial charge < -0.3 is 5.32 Å². The number of hydrazine groups is 1. The number of nitrogens with one attached hydrogen (secondary N) is 3. The maximum atomic E-state index is 12.4. The number of benzene rings is 2. The van der Waals surface area contributed by atoms with Crippen LogP contribution in [-0.2, 0) is 4.79 Å². The Kier molecular flexibility index (Phi) is 6.73. The van der Waals surface area contributed by atoms with Gasteiger partial charge in [0.05, 0.1) is 12.2 Å². The van der Waals surface area contributed by atoms with Gasteiger partial charge in [-0.3, -0.25) is 25.2 Å². The monoisotopic (exact) mass is 472 g/mol. The van der Waals surface area contributed by atoms with Crippen LogP contribution >= 0.6 is 27.3 Å². The van der Waals surface area contributed by atoms with Gasteiger partial charge >= 0.3 is 0 Å². The first-order chi connectivity index (χ1) is 13.9. The van der Waals surface area contributed by atoms with Crippen molar-refractivity contribution in [2.24, 2.45) is 0 Å². The lowest BCUT2D eigenvalue weighted by atomic mass is 10.2. The molecule has 0 spiro atoms. The Morgan fingerprint density at radius 3 is 2.48 bits per heavy atom. The van der Waals surface area contributed by atoms with E-state index in [1.165, 1.54) is 11.3 Å². The molecule has 0 atom stereocenters. The van der Waals surface area contributed by atoms with E-state index in [2.05, 4.69) is 37.1 Å². The Morgan fingerprint density at radius 1 is 1.00 bits per heavy atom. The van der Waals surface area contributed by atoms with Crippen molar-refractivity contribution in [2.75, 3.05) is 6.54 Å². The van der Waals surface area contributed by atoms with Crippen LogP contribution in [0.4, 0.5) is 0 Å². The second kappa shape index (κ2) is 9.44. The van der Waals surface area contributed by atoms with Crippen molar-refractivity contribution < 1.29 is 14.4 Å². The van der Waals surface area contributed by atoms with E-state index in [-0.39, 0.29) is 6.54 Å². The van der Waals surface area contributed by atoms with E-state index in [1.807, 2.05) is 30.3 Å². The van der Waals surface area contributed by atoms with Gasteiger partial charge in [-0.15, -0.1) is 11.3 Å². The van der Waals surface area contributed by atoms with E-state index < -0.39 is 17.7 Å². The van der Waals surface area contributed by atoms with Crippen LogP contribution in [0.1, 0.15) is 25.7 Å². The Hall–Kier alpha value is -3.04. The fourth-order valence-corrected chi connectivity index (χ4v) is 3.80. The highest BCUT2D eigenvalue weighted by Crippen LogP contribution is 2.27. The molecule has 7 nitrogen and oxygen atoms in total. The van der Waals surface area contributed by atoms with Gasteiger partial charge in [-0.1, -0.05) is 52.3 Å². The number of carbonyl (C=O) groups excluding carboxylic acids is 3. The zero-order valence-corrected chi connectivity index (χ0v) is 17.8. The molecule has 0 aliphatic rings. The average molecular weight is 473 g/mol. The molecule has 0 unspecified atom stereocenters. The number of amides is 3. The number of aryl methyl sites for hydroxylation is 1. The molecule has 0 saturated carbocycles. The van der Waals surface area contributed by atoms with Crippen LogP contribution in [0.5, 0.6) is 0 Å². The van der Waals surface area contributed by atoms with Gasteiger partial charge in [0.15, 0.2) is 0 Å². The SMILES string of the molecule is Cc1nc(-c2ccccc2)sc1C(=O)NNC(=O)CNC(=O)c1cccc(Br)c1. The summed E-state index contributed by atoms with van der Waals surface area (Å²) >= 11 is 4.53. The number of hydrogen-bond acceptors (Lipinski definition) is 5. The van der Waals surface area contributed by atoms with Gasteiger partial charge in [-0.05, 0) is 25.1 Å². The topological polar surface area (TPSA) is 100 Å². The van der Waals surface area contributed by atoms with Crippen LogP contribution in [0.25, 0.3) is 10.6 Å². The predicted molar refractivity (Wildman–Crippen MR) is 114 cm³/mol. The Labute approximate surface area is 179 Å². The molecule has 0 radical (unpaired) electrons. The van der Waals surface area contributed by atoms with E-state index in [0.717, 1.165) is 15.0 Å². The fourth-order valence-electron chi connectivity index (χ4n) is 2.43. The number of rotatable bonds is 5. The number of hydrogen-bond donors (Lipinski definition) is 3. The Bertz CT molecular complexity index is 1050. The molecule has 1 aromatic heterocycles. The standard InChI is InChI=1S/C20H17BrN4O3S/c1-12-17(29-20(23-12)13-6-3-2-4-7-13)19(28)25-24-16(26)11-22-18(27)14-8-5-9-15(21)10-14/h2-10H,11H2,1H3,(H,22,27)(H,24,26)(H,25,28). The smallest absolute Gasteiger partial charge is 0.281 e. The molecule has 1 heterocycles. The second-order valence-electron chi connectivity index (χ2n) is 5.99. The molecular formula is C20H17BrN4O3S. The molecule has 148 valence electrons. The number of halogens is 1. The largest absolute Gasteiger partial charge is 0.343 e. The third kappa shape index (κ3) is 5.49. The fraction of sp³-hybridized carbons (Fsp3) is 0.100. The molecule has 3 rings (SSSR count). The maximum absolute atomic E-state index is 12.4. The zero-order valence-electron chi connectivity index (χ0n) is 15.4. The van der Waals surface area contributed by atoms with Crippen LogP contribution in [-0.4, -0.2) is 29.3 Å². The molecule has 0 bridgehead atoms. The van der Waals surface area contributed by atoms with Crippen molar-refractivity contribution in [1.29, 1.82) is 0 Å². The lowest BCUT2D eigenvalue weighted by Crippen LogP contribution is -2.46. The minimum atomic E-state index is -0.549. The third-order valence-electron chi connectivity index (χ3n) is 3.84. The van der Waals surface area contributed by atoms with Crippen molar-refractivity contribution in [1.82, 2.24) is 21.2 Å². The van der Waals surface area contributed by atoms with Gasteiger partial charge in [0.25, 0.3) is 17.7 Å². The second-order valence-corrected chi connectivity index (χ2v) is 7.91. The van der Waals surface area contributed by atoms with Gasteiger partial charge in [-0.2, -0.15) is 0 Å². The molecule has 0 aliphatic carbocycles. The highest BCUT2D eigenvalue weighted by atomic mass is 79.9. The molecule has 0 fully saturated rings. The molecule has 3 aromatic rings. The van der Waals surface area contributed by atoms with Crippen LogP contribution < -0.4 is 16.2 Å². The van der Waals surface area contributed by atoms with Crippen LogP contribution in [0.15, 0.2) is 59.1 Å². The first kappa shape index (κ1) is 20.7. The quantitative estimate of drug-likeness (QED) is 0.496. The molecule has 29 heavy (non-hydrogen) atoms. The summed E-state index contributed by atoms with van der Waals surface area (Å²) < 4.78 is 0.761. The molecule has 3 amide bonds. The molecule has 9 heteroatoms. The number of aromatic nitrogens is 1. The molecule has 2 aromatic carbocycles. The zero-order chi connectivity index (χ0) is 20.8. The van der Waals surface area contributed by atoms with Crippen molar-refractivity contribution in [3.05, 3.63) is 75.2 Å². The summed E-state index contributed by atoms with van der Waals surface area (Å²) in [6.07, 6.45) is 0. The van der Waals surface area contributed by atoms with E-state index in [1.54, 1.807) is 31.2 Å². The Balaban J connectivity index is 1.52.